The van der Waals surface area contributed by atoms with Crippen LogP contribution in [-0.2, 0) is 0 Å². The molecule has 0 aliphatic carbocycles. The Morgan fingerprint density at radius 3 is 2.74 bits per heavy atom. The summed E-state index contributed by atoms with van der Waals surface area (Å²) in [6.45, 7) is 0. The highest BCUT2D eigenvalue weighted by molar-refractivity contribution is 9.10. The van der Waals surface area contributed by atoms with Crippen LogP contribution in [0.4, 0.5) is 4.39 Å². The second kappa shape index (κ2) is 6.19. The van der Waals surface area contributed by atoms with Gasteiger partial charge in [-0.2, -0.15) is 5.10 Å². The van der Waals surface area contributed by atoms with E-state index >= 15 is 0 Å². The van der Waals surface area contributed by atoms with Crippen LogP contribution in [-0.4, -0.2) is 17.1 Å². The van der Waals surface area contributed by atoms with Gasteiger partial charge in [-0.05, 0) is 45.8 Å². The predicted molar refractivity (Wildman–Crippen MR) is 73.4 cm³/mol. The van der Waals surface area contributed by atoms with E-state index in [1.165, 1.54) is 24.7 Å². The van der Waals surface area contributed by atoms with Crippen molar-refractivity contribution in [1.82, 2.24) is 10.4 Å². The SMILES string of the molecule is O=C(N/N=C\c1ccc(F)c(Br)c1)c1ccncc1. The molecular weight excluding hydrogens is 313 g/mol. The first-order valence-electron chi connectivity index (χ1n) is 5.35. The largest absolute Gasteiger partial charge is 0.271 e. The molecule has 0 aliphatic rings. The normalized spacial score (nSPS) is 10.6. The van der Waals surface area contributed by atoms with Crippen molar-refractivity contribution < 1.29 is 9.18 Å². The monoisotopic (exact) mass is 321 g/mol. The molecule has 1 N–H and O–H groups in total. The van der Waals surface area contributed by atoms with Crippen molar-refractivity contribution in [2.45, 2.75) is 0 Å². The number of carbonyl (C=O) groups is 1. The summed E-state index contributed by atoms with van der Waals surface area (Å²) in [5, 5.41) is 3.80. The smallest absolute Gasteiger partial charge is 0.267 e. The minimum absolute atomic E-state index is 0.333. The van der Waals surface area contributed by atoms with E-state index in [2.05, 4.69) is 31.4 Å². The Morgan fingerprint density at radius 1 is 1.32 bits per heavy atom. The summed E-state index contributed by atoms with van der Waals surface area (Å²) in [6, 6.07) is 7.61. The number of benzene rings is 1. The highest BCUT2D eigenvalue weighted by Gasteiger charge is 2.02. The van der Waals surface area contributed by atoms with Crippen LogP contribution < -0.4 is 5.43 Å². The van der Waals surface area contributed by atoms with Gasteiger partial charge in [-0.15, -0.1) is 0 Å². The van der Waals surface area contributed by atoms with Crippen LogP contribution in [0.25, 0.3) is 0 Å². The molecule has 96 valence electrons. The van der Waals surface area contributed by atoms with Crippen molar-refractivity contribution in [2.75, 3.05) is 0 Å². The van der Waals surface area contributed by atoms with Gasteiger partial charge in [0, 0.05) is 18.0 Å². The third-order valence-corrected chi connectivity index (χ3v) is 2.87. The fourth-order valence-corrected chi connectivity index (χ4v) is 1.72. The van der Waals surface area contributed by atoms with Crippen LogP contribution in [0.2, 0.25) is 0 Å². The molecule has 0 spiro atoms. The lowest BCUT2D eigenvalue weighted by molar-refractivity contribution is 0.0955. The van der Waals surface area contributed by atoms with E-state index in [1.54, 1.807) is 24.3 Å². The predicted octanol–water partition coefficient (Wildman–Crippen LogP) is 2.75. The number of hydrogen-bond donors (Lipinski definition) is 1. The second-order valence-electron chi connectivity index (χ2n) is 3.61. The van der Waals surface area contributed by atoms with E-state index in [0.717, 1.165) is 0 Å². The summed E-state index contributed by atoms with van der Waals surface area (Å²) < 4.78 is 13.3. The molecule has 19 heavy (non-hydrogen) atoms. The zero-order valence-electron chi connectivity index (χ0n) is 9.68. The maximum Gasteiger partial charge on any atom is 0.271 e. The fourth-order valence-electron chi connectivity index (χ4n) is 1.33. The van der Waals surface area contributed by atoms with Crippen molar-refractivity contribution in [3.63, 3.8) is 0 Å². The van der Waals surface area contributed by atoms with Crippen LogP contribution in [0.5, 0.6) is 0 Å². The molecule has 0 fully saturated rings. The third kappa shape index (κ3) is 3.69. The number of halogens is 2. The van der Waals surface area contributed by atoms with E-state index in [1.807, 2.05) is 0 Å². The Kier molecular flexibility index (Phi) is 4.35. The standard InChI is InChI=1S/C13H9BrFN3O/c14-11-7-9(1-2-12(11)15)8-17-18-13(19)10-3-5-16-6-4-10/h1-8H,(H,18,19)/b17-8-. The van der Waals surface area contributed by atoms with Crippen LogP contribution in [0.3, 0.4) is 0 Å². The number of carbonyl (C=O) groups excluding carboxylic acids is 1. The van der Waals surface area contributed by atoms with Crippen molar-refractivity contribution in [3.8, 4) is 0 Å². The maximum atomic E-state index is 13.0. The number of hydrogen-bond acceptors (Lipinski definition) is 3. The first-order chi connectivity index (χ1) is 9.16. The summed E-state index contributed by atoms with van der Waals surface area (Å²) in [7, 11) is 0. The van der Waals surface area contributed by atoms with E-state index in [-0.39, 0.29) is 11.7 Å². The summed E-state index contributed by atoms with van der Waals surface area (Å²) in [4.78, 5) is 15.4. The number of rotatable bonds is 3. The first-order valence-corrected chi connectivity index (χ1v) is 6.14. The minimum atomic E-state index is -0.349. The van der Waals surface area contributed by atoms with Gasteiger partial charge >= 0.3 is 0 Å². The quantitative estimate of drug-likeness (QED) is 0.698. The highest BCUT2D eigenvalue weighted by atomic mass is 79.9. The van der Waals surface area contributed by atoms with Crippen LogP contribution >= 0.6 is 15.9 Å². The average Bonchev–Trinajstić information content (AvgIpc) is 2.43. The van der Waals surface area contributed by atoms with Gasteiger partial charge in [0.25, 0.3) is 5.91 Å². The average molecular weight is 322 g/mol. The van der Waals surface area contributed by atoms with E-state index < -0.39 is 0 Å². The number of aromatic nitrogens is 1. The first kappa shape index (κ1) is 13.4. The number of amides is 1. The van der Waals surface area contributed by atoms with Gasteiger partial charge in [0.1, 0.15) is 5.82 Å². The molecular formula is C13H9BrFN3O. The molecule has 0 saturated carbocycles. The van der Waals surface area contributed by atoms with Gasteiger partial charge in [0.2, 0.25) is 0 Å². The number of pyridine rings is 1. The Hall–Kier alpha value is -2.08. The van der Waals surface area contributed by atoms with Crippen molar-refractivity contribution in [3.05, 3.63) is 64.1 Å². The molecule has 6 heteroatoms. The summed E-state index contributed by atoms with van der Waals surface area (Å²) in [6.07, 6.45) is 4.48. The summed E-state index contributed by atoms with van der Waals surface area (Å²) >= 11 is 3.07. The number of nitrogens with zero attached hydrogens (tertiary/aromatic N) is 2. The Balaban J connectivity index is 2.00. The molecule has 4 nitrogen and oxygen atoms in total. The van der Waals surface area contributed by atoms with Gasteiger partial charge in [0.15, 0.2) is 0 Å². The topological polar surface area (TPSA) is 54.4 Å². The van der Waals surface area contributed by atoms with Gasteiger partial charge in [-0.3, -0.25) is 9.78 Å². The zero-order valence-corrected chi connectivity index (χ0v) is 11.3. The minimum Gasteiger partial charge on any atom is -0.267 e. The Labute approximate surface area is 117 Å². The Morgan fingerprint density at radius 2 is 2.05 bits per heavy atom. The molecule has 1 amide bonds. The fraction of sp³-hybridized carbons (Fsp3) is 0. The molecule has 0 unspecified atom stereocenters. The van der Waals surface area contributed by atoms with Crippen molar-refractivity contribution in [1.29, 1.82) is 0 Å². The Bertz CT molecular complexity index is 617. The molecule has 1 heterocycles. The van der Waals surface area contributed by atoms with Crippen LogP contribution in [0.1, 0.15) is 15.9 Å². The third-order valence-electron chi connectivity index (χ3n) is 2.27. The van der Waals surface area contributed by atoms with Crippen LogP contribution in [0, 0.1) is 5.82 Å². The lowest BCUT2D eigenvalue weighted by Crippen LogP contribution is -2.17. The molecule has 0 radical (unpaired) electrons. The van der Waals surface area contributed by atoms with E-state index in [0.29, 0.717) is 15.6 Å². The summed E-state index contributed by atoms with van der Waals surface area (Å²) in [5.74, 6) is -0.683. The molecule has 0 saturated heterocycles. The van der Waals surface area contributed by atoms with Gasteiger partial charge in [-0.1, -0.05) is 6.07 Å². The van der Waals surface area contributed by atoms with E-state index in [4.69, 9.17) is 0 Å². The van der Waals surface area contributed by atoms with Crippen LogP contribution in [0.15, 0.2) is 52.3 Å². The number of nitrogens with one attached hydrogen (secondary N) is 1. The van der Waals surface area contributed by atoms with Gasteiger partial charge in [0.05, 0.1) is 10.7 Å². The molecule has 1 aromatic heterocycles. The lowest BCUT2D eigenvalue weighted by atomic mass is 10.2. The second-order valence-corrected chi connectivity index (χ2v) is 4.46. The molecule has 0 atom stereocenters. The number of hydrazone groups is 1. The maximum absolute atomic E-state index is 13.0. The molecule has 0 aliphatic heterocycles. The molecule has 0 bridgehead atoms. The van der Waals surface area contributed by atoms with Crippen molar-refractivity contribution >= 4 is 28.1 Å². The zero-order chi connectivity index (χ0) is 13.7. The van der Waals surface area contributed by atoms with Gasteiger partial charge < -0.3 is 0 Å². The lowest BCUT2D eigenvalue weighted by Gasteiger charge is -1.99. The molecule has 2 aromatic rings. The van der Waals surface area contributed by atoms with Gasteiger partial charge in [-0.25, -0.2) is 9.82 Å². The molecule has 2 rings (SSSR count). The molecule has 1 aromatic carbocycles. The van der Waals surface area contributed by atoms with E-state index in [9.17, 15) is 9.18 Å². The van der Waals surface area contributed by atoms with Crippen molar-refractivity contribution in [2.24, 2.45) is 5.10 Å². The summed E-state index contributed by atoms with van der Waals surface area (Å²) in [5.41, 5.74) is 3.51. The highest BCUT2D eigenvalue weighted by Crippen LogP contribution is 2.15.